The van der Waals surface area contributed by atoms with Crippen molar-refractivity contribution >= 4 is 37.3 Å². The van der Waals surface area contributed by atoms with Crippen molar-refractivity contribution in [2.75, 3.05) is 13.6 Å². The minimum atomic E-state index is -3.47. The SMILES string of the molecule is CN(CCc1cccs1)S(=O)(=O)c1cncc(Br)c1. The van der Waals surface area contributed by atoms with E-state index in [1.807, 2.05) is 17.5 Å². The van der Waals surface area contributed by atoms with Crippen LogP contribution in [-0.2, 0) is 16.4 Å². The Morgan fingerprint density at radius 1 is 1.42 bits per heavy atom. The largest absolute Gasteiger partial charge is 0.262 e. The normalized spacial score (nSPS) is 11.9. The predicted octanol–water partition coefficient (Wildman–Crippen LogP) is 2.77. The van der Waals surface area contributed by atoms with E-state index < -0.39 is 10.0 Å². The average molecular weight is 361 g/mol. The Morgan fingerprint density at radius 2 is 2.21 bits per heavy atom. The van der Waals surface area contributed by atoms with Gasteiger partial charge in [-0.15, -0.1) is 11.3 Å². The molecule has 102 valence electrons. The molecule has 0 radical (unpaired) electrons. The first kappa shape index (κ1) is 14.6. The number of likely N-dealkylation sites (N-methyl/N-ethyl adjacent to an activating group) is 1. The fourth-order valence-electron chi connectivity index (χ4n) is 1.56. The Kier molecular flexibility index (Phi) is 4.72. The molecular weight excluding hydrogens is 348 g/mol. The van der Waals surface area contributed by atoms with Crippen molar-refractivity contribution in [1.29, 1.82) is 0 Å². The van der Waals surface area contributed by atoms with Crippen molar-refractivity contribution in [1.82, 2.24) is 9.29 Å². The molecule has 0 saturated heterocycles. The lowest BCUT2D eigenvalue weighted by Gasteiger charge is -2.16. The van der Waals surface area contributed by atoms with Crippen LogP contribution in [0.15, 0.2) is 45.3 Å². The van der Waals surface area contributed by atoms with Crippen molar-refractivity contribution in [3.05, 3.63) is 45.3 Å². The Labute approximate surface area is 125 Å². The maximum absolute atomic E-state index is 12.3. The van der Waals surface area contributed by atoms with Gasteiger partial charge in [0.05, 0.1) is 0 Å². The molecule has 19 heavy (non-hydrogen) atoms. The summed E-state index contributed by atoms with van der Waals surface area (Å²) < 4.78 is 26.6. The van der Waals surface area contributed by atoms with Crippen LogP contribution in [0.2, 0.25) is 0 Å². The van der Waals surface area contributed by atoms with Gasteiger partial charge in [-0.1, -0.05) is 6.07 Å². The Hall–Kier alpha value is -0.760. The first-order valence-corrected chi connectivity index (χ1v) is 8.70. The van der Waals surface area contributed by atoms with Crippen LogP contribution in [0.3, 0.4) is 0 Å². The van der Waals surface area contributed by atoms with E-state index in [-0.39, 0.29) is 4.90 Å². The second-order valence-corrected chi connectivity index (χ2v) is 7.99. The van der Waals surface area contributed by atoms with Crippen molar-refractivity contribution in [3.63, 3.8) is 0 Å². The fourth-order valence-corrected chi connectivity index (χ4v) is 3.93. The van der Waals surface area contributed by atoms with Gasteiger partial charge in [0.1, 0.15) is 4.90 Å². The van der Waals surface area contributed by atoms with Gasteiger partial charge in [-0.05, 0) is 39.9 Å². The summed E-state index contributed by atoms with van der Waals surface area (Å²) >= 11 is 4.86. The Morgan fingerprint density at radius 3 is 2.84 bits per heavy atom. The van der Waals surface area contributed by atoms with Crippen molar-refractivity contribution < 1.29 is 8.42 Å². The van der Waals surface area contributed by atoms with Gasteiger partial charge in [-0.25, -0.2) is 12.7 Å². The van der Waals surface area contributed by atoms with E-state index in [1.165, 1.54) is 15.4 Å². The van der Waals surface area contributed by atoms with E-state index in [0.717, 1.165) is 6.42 Å². The molecule has 2 rings (SSSR count). The molecule has 0 unspecified atom stereocenters. The molecule has 0 atom stereocenters. The third-order valence-corrected chi connectivity index (χ3v) is 5.83. The number of rotatable bonds is 5. The minimum Gasteiger partial charge on any atom is -0.262 e. The topological polar surface area (TPSA) is 50.3 Å². The monoisotopic (exact) mass is 360 g/mol. The molecule has 0 aliphatic carbocycles. The van der Waals surface area contributed by atoms with Gasteiger partial charge in [-0.3, -0.25) is 4.98 Å². The summed E-state index contributed by atoms with van der Waals surface area (Å²) in [5.41, 5.74) is 0. The maximum atomic E-state index is 12.3. The summed E-state index contributed by atoms with van der Waals surface area (Å²) in [6.07, 6.45) is 3.64. The van der Waals surface area contributed by atoms with Gasteiger partial charge in [0.15, 0.2) is 0 Å². The quantitative estimate of drug-likeness (QED) is 0.823. The highest BCUT2D eigenvalue weighted by atomic mass is 79.9. The molecule has 0 amide bonds. The summed E-state index contributed by atoms with van der Waals surface area (Å²) in [7, 11) is -1.88. The van der Waals surface area contributed by atoms with E-state index in [4.69, 9.17) is 0 Å². The molecule has 0 bridgehead atoms. The molecule has 0 fully saturated rings. The molecule has 2 aromatic rings. The van der Waals surface area contributed by atoms with Crippen LogP contribution in [0.25, 0.3) is 0 Å². The molecule has 4 nitrogen and oxygen atoms in total. The lowest BCUT2D eigenvalue weighted by atomic mass is 10.3. The molecule has 2 aromatic heterocycles. The number of sulfonamides is 1. The van der Waals surface area contributed by atoms with E-state index in [1.54, 1.807) is 30.6 Å². The summed E-state index contributed by atoms with van der Waals surface area (Å²) in [6, 6.07) is 5.53. The molecule has 2 heterocycles. The number of hydrogen-bond acceptors (Lipinski definition) is 4. The average Bonchev–Trinajstić information content (AvgIpc) is 2.89. The predicted molar refractivity (Wildman–Crippen MR) is 79.8 cm³/mol. The van der Waals surface area contributed by atoms with Crippen LogP contribution >= 0.6 is 27.3 Å². The lowest BCUT2D eigenvalue weighted by molar-refractivity contribution is 0.473. The third kappa shape index (κ3) is 3.62. The van der Waals surface area contributed by atoms with Gasteiger partial charge in [-0.2, -0.15) is 0 Å². The number of aromatic nitrogens is 1. The Bertz CT molecular complexity index is 642. The van der Waals surface area contributed by atoms with Crippen LogP contribution in [0.4, 0.5) is 0 Å². The molecule has 0 aliphatic rings. The van der Waals surface area contributed by atoms with Gasteiger partial charge in [0, 0.05) is 35.3 Å². The summed E-state index contributed by atoms with van der Waals surface area (Å²) in [6.45, 7) is 0.454. The van der Waals surface area contributed by atoms with E-state index in [2.05, 4.69) is 20.9 Å². The zero-order valence-corrected chi connectivity index (χ0v) is 13.5. The second kappa shape index (κ2) is 6.13. The van der Waals surface area contributed by atoms with Crippen molar-refractivity contribution in [2.45, 2.75) is 11.3 Å². The van der Waals surface area contributed by atoms with Crippen molar-refractivity contribution in [3.8, 4) is 0 Å². The number of thiophene rings is 1. The fraction of sp³-hybridized carbons (Fsp3) is 0.250. The van der Waals surface area contributed by atoms with Crippen LogP contribution in [0, 0.1) is 0 Å². The highest BCUT2D eigenvalue weighted by molar-refractivity contribution is 9.10. The first-order valence-electron chi connectivity index (χ1n) is 5.59. The highest BCUT2D eigenvalue weighted by Crippen LogP contribution is 2.18. The zero-order valence-electron chi connectivity index (χ0n) is 10.3. The van der Waals surface area contributed by atoms with Gasteiger partial charge in [0.25, 0.3) is 0 Å². The van der Waals surface area contributed by atoms with E-state index >= 15 is 0 Å². The van der Waals surface area contributed by atoms with Gasteiger partial charge >= 0.3 is 0 Å². The molecule has 0 N–H and O–H groups in total. The van der Waals surface area contributed by atoms with E-state index in [0.29, 0.717) is 11.0 Å². The molecule has 7 heteroatoms. The molecule has 0 spiro atoms. The van der Waals surface area contributed by atoms with Crippen LogP contribution in [-0.4, -0.2) is 31.3 Å². The summed E-state index contributed by atoms with van der Waals surface area (Å²) in [4.78, 5) is 5.27. The molecule has 0 aliphatic heterocycles. The number of hydrogen-bond donors (Lipinski definition) is 0. The van der Waals surface area contributed by atoms with Crippen LogP contribution in [0.5, 0.6) is 0 Å². The summed E-state index contributed by atoms with van der Waals surface area (Å²) in [5.74, 6) is 0. The number of nitrogens with zero attached hydrogens (tertiary/aromatic N) is 2. The summed E-state index contributed by atoms with van der Waals surface area (Å²) in [5, 5.41) is 1.99. The van der Waals surface area contributed by atoms with Crippen LogP contribution in [0.1, 0.15) is 4.88 Å². The third-order valence-electron chi connectivity index (χ3n) is 2.64. The first-order chi connectivity index (χ1) is 9.00. The smallest absolute Gasteiger partial charge is 0.244 e. The molecular formula is C12H13BrN2O2S2. The van der Waals surface area contributed by atoms with E-state index in [9.17, 15) is 8.42 Å². The second-order valence-electron chi connectivity index (χ2n) is 3.99. The standard InChI is InChI=1S/C12H13BrN2O2S2/c1-15(5-4-11-3-2-6-18-11)19(16,17)12-7-10(13)8-14-9-12/h2-3,6-9H,4-5H2,1H3. The zero-order chi connectivity index (χ0) is 13.9. The van der Waals surface area contributed by atoms with Crippen LogP contribution < -0.4 is 0 Å². The highest BCUT2D eigenvalue weighted by Gasteiger charge is 2.21. The lowest BCUT2D eigenvalue weighted by Crippen LogP contribution is -2.29. The molecule has 0 saturated carbocycles. The Balaban J connectivity index is 2.11. The van der Waals surface area contributed by atoms with Crippen molar-refractivity contribution in [2.24, 2.45) is 0 Å². The van der Waals surface area contributed by atoms with Gasteiger partial charge in [0.2, 0.25) is 10.0 Å². The molecule has 0 aromatic carbocycles. The number of pyridine rings is 1. The minimum absolute atomic E-state index is 0.204. The number of halogens is 1. The van der Waals surface area contributed by atoms with Gasteiger partial charge < -0.3 is 0 Å². The maximum Gasteiger partial charge on any atom is 0.244 e.